The van der Waals surface area contributed by atoms with Crippen LogP contribution >= 0.6 is 0 Å². The summed E-state index contributed by atoms with van der Waals surface area (Å²) < 4.78 is 1.59. The lowest BCUT2D eigenvalue weighted by atomic mass is 9.90. The number of hydrogen-bond donors (Lipinski definition) is 0. The molecule has 2 aromatic carbocycles. The van der Waals surface area contributed by atoms with E-state index >= 15 is 0 Å². The fourth-order valence-electron chi connectivity index (χ4n) is 3.39. The Bertz CT molecular complexity index is 1060. The van der Waals surface area contributed by atoms with Gasteiger partial charge >= 0.3 is 0 Å². The number of rotatable bonds is 3. The number of aromatic nitrogens is 2. The first kappa shape index (κ1) is 16.3. The molecule has 26 heavy (non-hydrogen) atoms. The van der Waals surface area contributed by atoms with Crippen molar-refractivity contribution < 1.29 is 4.79 Å². The second-order valence-electron chi connectivity index (χ2n) is 6.59. The molecule has 0 N–H and O–H groups in total. The van der Waals surface area contributed by atoms with Crippen LogP contribution in [0.3, 0.4) is 0 Å². The Morgan fingerprint density at radius 2 is 1.92 bits per heavy atom. The Balaban J connectivity index is 1.72. The third-order valence-electron chi connectivity index (χ3n) is 4.97. The summed E-state index contributed by atoms with van der Waals surface area (Å²) >= 11 is 0. The van der Waals surface area contributed by atoms with E-state index in [1.54, 1.807) is 16.5 Å². The number of carbonyl (C=O) groups is 1. The van der Waals surface area contributed by atoms with Crippen molar-refractivity contribution >= 4 is 16.8 Å². The van der Waals surface area contributed by atoms with Crippen molar-refractivity contribution in [3.63, 3.8) is 0 Å². The van der Waals surface area contributed by atoms with Crippen molar-refractivity contribution in [3.8, 4) is 11.4 Å². The van der Waals surface area contributed by atoms with Crippen LogP contribution in [0, 0.1) is 0 Å². The molecule has 0 unspecified atom stereocenters. The van der Waals surface area contributed by atoms with Gasteiger partial charge in [0.2, 0.25) is 5.91 Å². The molecule has 1 amide bonds. The number of carbonyl (C=O) groups excluding carboxylic acids is 1. The zero-order valence-electron chi connectivity index (χ0n) is 14.6. The van der Waals surface area contributed by atoms with Crippen LogP contribution in [0.1, 0.15) is 11.5 Å². The second kappa shape index (κ2) is 6.26. The van der Waals surface area contributed by atoms with Crippen LogP contribution in [0.4, 0.5) is 0 Å². The van der Waals surface area contributed by atoms with Gasteiger partial charge in [0, 0.05) is 31.6 Å². The topological polar surface area (TPSA) is 55.2 Å². The van der Waals surface area contributed by atoms with Crippen molar-refractivity contribution in [1.29, 1.82) is 0 Å². The minimum absolute atomic E-state index is 0.0490. The van der Waals surface area contributed by atoms with Gasteiger partial charge in [0.05, 0.1) is 10.9 Å². The Hall–Kier alpha value is -3.21. The summed E-state index contributed by atoms with van der Waals surface area (Å²) in [5, 5.41) is 0.609. The van der Waals surface area contributed by atoms with E-state index in [0.29, 0.717) is 29.8 Å². The molecule has 1 aliphatic rings. The highest BCUT2D eigenvalue weighted by molar-refractivity contribution is 5.88. The Labute approximate surface area is 151 Å². The van der Waals surface area contributed by atoms with E-state index in [4.69, 9.17) is 4.98 Å². The molecule has 1 saturated heterocycles. The van der Waals surface area contributed by atoms with Gasteiger partial charge < -0.3 is 4.90 Å². The van der Waals surface area contributed by atoms with Crippen molar-refractivity contribution in [3.05, 3.63) is 77.1 Å². The van der Waals surface area contributed by atoms with Gasteiger partial charge in [-0.3, -0.25) is 14.2 Å². The van der Waals surface area contributed by atoms with Crippen LogP contribution in [0.5, 0.6) is 0 Å². The van der Waals surface area contributed by atoms with Crippen molar-refractivity contribution in [2.45, 2.75) is 5.92 Å². The highest BCUT2D eigenvalue weighted by Gasteiger charge is 2.30. The predicted octanol–water partition coefficient (Wildman–Crippen LogP) is 2.71. The highest BCUT2D eigenvalue weighted by Crippen LogP contribution is 2.29. The molecule has 0 saturated carbocycles. The van der Waals surface area contributed by atoms with Crippen molar-refractivity contribution in [2.75, 3.05) is 13.1 Å². The molecule has 5 nitrogen and oxygen atoms in total. The zero-order valence-corrected chi connectivity index (χ0v) is 14.6. The summed E-state index contributed by atoms with van der Waals surface area (Å²) in [5.41, 5.74) is 2.61. The van der Waals surface area contributed by atoms with Crippen LogP contribution in [0.2, 0.25) is 0 Å². The zero-order chi connectivity index (χ0) is 18.3. The first-order chi connectivity index (χ1) is 12.6. The fourth-order valence-corrected chi connectivity index (χ4v) is 3.39. The normalized spacial score (nSPS) is 14.3. The van der Waals surface area contributed by atoms with E-state index in [0.717, 1.165) is 11.1 Å². The van der Waals surface area contributed by atoms with E-state index in [1.165, 1.54) is 6.08 Å². The average Bonchev–Trinajstić information content (AvgIpc) is 2.64. The number of amides is 1. The van der Waals surface area contributed by atoms with Gasteiger partial charge in [0.1, 0.15) is 5.82 Å². The Kier molecular flexibility index (Phi) is 3.92. The summed E-state index contributed by atoms with van der Waals surface area (Å²) in [6.45, 7) is 4.83. The molecule has 2 heterocycles. The average molecular weight is 345 g/mol. The van der Waals surface area contributed by atoms with E-state index in [2.05, 4.69) is 6.58 Å². The molecule has 0 aliphatic carbocycles. The third-order valence-corrected chi connectivity index (χ3v) is 4.97. The van der Waals surface area contributed by atoms with Crippen LogP contribution in [-0.4, -0.2) is 33.4 Å². The molecule has 5 heteroatoms. The van der Waals surface area contributed by atoms with E-state index in [1.807, 2.05) is 48.5 Å². The molecule has 0 spiro atoms. The summed E-state index contributed by atoms with van der Waals surface area (Å²) in [6.07, 6.45) is 1.33. The minimum Gasteiger partial charge on any atom is -0.338 e. The van der Waals surface area contributed by atoms with Crippen LogP contribution in [0.15, 0.2) is 66.0 Å². The summed E-state index contributed by atoms with van der Waals surface area (Å²) in [7, 11) is 1.75. The quantitative estimate of drug-likeness (QED) is 0.686. The lowest BCUT2D eigenvalue weighted by Crippen LogP contribution is -2.47. The molecule has 130 valence electrons. The Morgan fingerprint density at radius 3 is 2.62 bits per heavy atom. The fraction of sp³-hybridized carbons (Fsp3) is 0.190. The summed E-state index contributed by atoms with van der Waals surface area (Å²) in [6, 6.07) is 15.5. The molecule has 0 atom stereocenters. The maximum Gasteiger partial charge on any atom is 0.261 e. The predicted molar refractivity (Wildman–Crippen MR) is 102 cm³/mol. The van der Waals surface area contributed by atoms with Gasteiger partial charge in [0.25, 0.3) is 5.56 Å². The molecule has 3 aromatic rings. The molecule has 1 fully saturated rings. The van der Waals surface area contributed by atoms with Gasteiger partial charge in [-0.2, -0.15) is 0 Å². The lowest BCUT2D eigenvalue weighted by molar-refractivity contribution is -0.130. The third kappa shape index (κ3) is 2.62. The van der Waals surface area contributed by atoms with Crippen LogP contribution in [0.25, 0.3) is 22.3 Å². The van der Waals surface area contributed by atoms with Gasteiger partial charge in [-0.05, 0) is 23.8 Å². The number of hydrogen-bond acceptors (Lipinski definition) is 3. The molecule has 1 aliphatic heterocycles. The number of likely N-dealkylation sites (tertiary alicyclic amines) is 1. The van der Waals surface area contributed by atoms with Crippen LogP contribution in [-0.2, 0) is 11.8 Å². The first-order valence-electron chi connectivity index (χ1n) is 8.56. The SMILES string of the molecule is C=CC(=O)N1CC(c2ccc3nc(-c4ccccc4)n(C)c(=O)c3c2)C1. The smallest absolute Gasteiger partial charge is 0.261 e. The van der Waals surface area contributed by atoms with E-state index < -0.39 is 0 Å². The molecular formula is C21H19N3O2. The number of benzene rings is 2. The van der Waals surface area contributed by atoms with Gasteiger partial charge in [0.15, 0.2) is 0 Å². The van der Waals surface area contributed by atoms with Crippen molar-refractivity contribution in [2.24, 2.45) is 7.05 Å². The first-order valence-corrected chi connectivity index (χ1v) is 8.56. The maximum absolute atomic E-state index is 12.9. The van der Waals surface area contributed by atoms with Gasteiger partial charge in [-0.1, -0.05) is 43.0 Å². The second-order valence-corrected chi connectivity index (χ2v) is 6.59. The molecular weight excluding hydrogens is 326 g/mol. The molecule has 0 radical (unpaired) electrons. The number of nitrogens with zero attached hydrogens (tertiary/aromatic N) is 3. The minimum atomic E-state index is -0.0611. The van der Waals surface area contributed by atoms with E-state index in [9.17, 15) is 9.59 Å². The monoisotopic (exact) mass is 345 g/mol. The van der Waals surface area contributed by atoms with Gasteiger partial charge in [-0.15, -0.1) is 0 Å². The molecule has 1 aromatic heterocycles. The largest absolute Gasteiger partial charge is 0.338 e. The standard InChI is InChI=1S/C21H19N3O2/c1-3-19(25)24-12-16(13-24)15-9-10-18-17(11-15)21(26)23(2)20(22-18)14-7-5-4-6-8-14/h3-11,16H,1,12-13H2,2H3. The Morgan fingerprint density at radius 1 is 1.19 bits per heavy atom. The maximum atomic E-state index is 12.9. The van der Waals surface area contributed by atoms with E-state index in [-0.39, 0.29) is 17.4 Å². The number of fused-ring (bicyclic) bond motifs is 1. The summed E-state index contributed by atoms with van der Waals surface area (Å²) in [5.74, 6) is 0.858. The molecule has 4 rings (SSSR count). The van der Waals surface area contributed by atoms with Crippen molar-refractivity contribution in [1.82, 2.24) is 14.5 Å². The lowest BCUT2D eigenvalue weighted by Gasteiger charge is -2.39. The van der Waals surface area contributed by atoms with Crippen LogP contribution < -0.4 is 5.56 Å². The highest BCUT2D eigenvalue weighted by atomic mass is 16.2. The summed E-state index contributed by atoms with van der Waals surface area (Å²) in [4.78, 5) is 30.9. The van der Waals surface area contributed by atoms with Gasteiger partial charge in [-0.25, -0.2) is 4.98 Å². The molecule has 0 bridgehead atoms.